The van der Waals surface area contributed by atoms with E-state index in [1.54, 1.807) is 0 Å². The maximum atomic E-state index is 12.5. The number of ether oxygens (including phenoxy) is 2. The number of hydrogen-bond acceptors (Lipinski definition) is 6. The second-order valence-electron chi connectivity index (χ2n) is 6.96. The summed E-state index contributed by atoms with van der Waals surface area (Å²) in [4.78, 5) is 26.8. The van der Waals surface area contributed by atoms with Gasteiger partial charge in [0.05, 0.1) is 19.0 Å². The van der Waals surface area contributed by atoms with Crippen LogP contribution in [-0.2, 0) is 22.7 Å². The lowest BCUT2D eigenvalue weighted by molar-refractivity contribution is -0.134. The number of carbonyl (C=O) groups is 2. The maximum Gasteiger partial charge on any atom is 0.237 e. The van der Waals surface area contributed by atoms with Crippen LogP contribution in [0.25, 0.3) is 0 Å². The number of amides is 2. The Bertz CT molecular complexity index is 878. The quantitative estimate of drug-likeness (QED) is 0.779. The fraction of sp³-hybridized carbons (Fsp3) is 0.400. The third-order valence-corrected chi connectivity index (χ3v) is 4.90. The Balaban J connectivity index is 1.35. The molecule has 1 atom stereocenters. The molecule has 1 aromatic heterocycles. The predicted octanol–water partition coefficient (Wildman–Crippen LogP) is 1.32. The van der Waals surface area contributed by atoms with E-state index in [-0.39, 0.29) is 25.0 Å². The number of rotatable bonds is 6. The summed E-state index contributed by atoms with van der Waals surface area (Å²) in [5, 5.41) is 5.72. The molecule has 4 rings (SSSR count). The van der Waals surface area contributed by atoms with E-state index < -0.39 is 6.04 Å². The van der Waals surface area contributed by atoms with Crippen molar-refractivity contribution in [2.45, 2.75) is 32.5 Å². The summed E-state index contributed by atoms with van der Waals surface area (Å²) in [6, 6.07) is 8.83. The first kappa shape index (κ1) is 18.4. The van der Waals surface area contributed by atoms with Gasteiger partial charge in [-0.25, -0.2) is 0 Å². The fourth-order valence-electron chi connectivity index (χ4n) is 3.44. The van der Waals surface area contributed by atoms with Gasteiger partial charge in [0.15, 0.2) is 11.5 Å². The highest BCUT2D eigenvalue weighted by Crippen LogP contribution is 2.32. The molecule has 1 saturated heterocycles. The highest BCUT2D eigenvalue weighted by molar-refractivity contribution is 5.88. The first-order valence-electron chi connectivity index (χ1n) is 9.31. The summed E-state index contributed by atoms with van der Waals surface area (Å²) in [6.45, 7) is 4.20. The SMILES string of the molecule is Cc1ccc(CN2CCNC(=O)C2CC(=O)NCc2ccc3c(c2)OCO3)o1. The minimum absolute atomic E-state index is 0.0933. The van der Waals surface area contributed by atoms with Gasteiger partial charge in [-0.15, -0.1) is 0 Å². The standard InChI is InChI=1S/C20H23N3O5/c1-13-2-4-15(28-13)11-23-7-6-21-20(25)16(23)9-19(24)22-10-14-3-5-17-18(8-14)27-12-26-17/h2-5,8,16H,6-7,9-12H2,1H3,(H,21,25)(H,22,24). The highest BCUT2D eigenvalue weighted by atomic mass is 16.7. The molecule has 2 aliphatic heterocycles. The molecule has 28 heavy (non-hydrogen) atoms. The largest absolute Gasteiger partial charge is 0.465 e. The Morgan fingerprint density at radius 3 is 2.93 bits per heavy atom. The van der Waals surface area contributed by atoms with Crippen molar-refractivity contribution in [1.29, 1.82) is 0 Å². The summed E-state index contributed by atoms with van der Waals surface area (Å²) in [5.41, 5.74) is 0.911. The Labute approximate surface area is 162 Å². The Morgan fingerprint density at radius 1 is 1.25 bits per heavy atom. The smallest absolute Gasteiger partial charge is 0.237 e. The van der Waals surface area contributed by atoms with Gasteiger partial charge in [0.25, 0.3) is 0 Å². The van der Waals surface area contributed by atoms with Gasteiger partial charge in [-0.3, -0.25) is 14.5 Å². The van der Waals surface area contributed by atoms with Crippen molar-refractivity contribution in [1.82, 2.24) is 15.5 Å². The Kier molecular flexibility index (Phi) is 5.21. The van der Waals surface area contributed by atoms with Crippen LogP contribution in [0, 0.1) is 6.92 Å². The topological polar surface area (TPSA) is 93.0 Å². The van der Waals surface area contributed by atoms with E-state index in [0.29, 0.717) is 37.7 Å². The number of aryl methyl sites for hydroxylation is 1. The minimum atomic E-state index is -0.518. The van der Waals surface area contributed by atoms with Gasteiger partial charge in [-0.2, -0.15) is 0 Å². The van der Waals surface area contributed by atoms with E-state index >= 15 is 0 Å². The number of nitrogens with zero attached hydrogens (tertiary/aromatic N) is 1. The van der Waals surface area contributed by atoms with Crippen molar-refractivity contribution in [3.8, 4) is 11.5 Å². The number of hydrogen-bond donors (Lipinski definition) is 2. The van der Waals surface area contributed by atoms with Crippen LogP contribution in [0.5, 0.6) is 11.5 Å². The number of fused-ring (bicyclic) bond motifs is 1. The van der Waals surface area contributed by atoms with Crippen molar-refractivity contribution in [2.75, 3.05) is 19.9 Å². The van der Waals surface area contributed by atoms with Crippen molar-refractivity contribution in [3.63, 3.8) is 0 Å². The lowest BCUT2D eigenvalue weighted by Crippen LogP contribution is -2.56. The van der Waals surface area contributed by atoms with E-state index in [2.05, 4.69) is 10.6 Å². The third kappa shape index (κ3) is 4.12. The monoisotopic (exact) mass is 385 g/mol. The molecule has 2 N–H and O–H groups in total. The van der Waals surface area contributed by atoms with Crippen LogP contribution in [-0.4, -0.2) is 42.6 Å². The van der Waals surface area contributed by atoms with Gasteiger partial charge < -0.3 is 24.5 Å². The average molecular weight is 385 g/mol. The molecular formula is C20H23N3O5. The van der Waals surface area contributed by atoms with Crippen LogP contribution in [0.15, 0.2) is 34.7 Å². The van der Waals surface area contributed by atoms with Gasteiger partial charge in [0.1, 0.15) is 11.5 Å². The lowest BCUT2D eigenvalue weighted by Gasteiger charge is -2.34. The van der Waals surface area contributed by atoms with E-state index in [1.165, 1.54) is 0 Å². The number of benzene rings is 1. The molecule has 3 heterocycles. The Morgan fingerprint density at radius 2 is 2.11 bits per heavy atom. The molecule has 1 unspecified atom stereocenters. The summed E-state index contributed by atoms with van der Waals surface area (Å²) < 4.78 is 16.3. The van der Waals surface area contributed by atoms with Crippen LogP contribution in [0.4, 0.5) is 0 Å². The van der Waals surface area contributed by atoms with Crippen molar-refractivity contribution in [3.05, 3.63) is 47.4 Å². The van der Waals surface area contributed by atoms with Gasteiger partial charge in [0, 0.05) is 19.6 Å². The van der Waals surface area contributed by atoms with Crippen molar-refractivity contribution >= 4 is 11.8 Å². The zero-order valence-electron chi connectivity index (χ0n) is 15.7. The average Bonchev–Trinajstić information content (AvgIpc) is 3.31. The van der Waals surface area contributed by atoms with Crippen LogP contribution < -0.4 is 20.1 Å². The predicted molar refractivity (Wildman–Crippen MR) is 99.7 cm³/mol. The summed E-state index contributed by atoms with van der Waals surface area (Å²) in [6.07, 6.45) is 0.0933. The van der Waals surface area contributed by atoms with Crippen molar-refractivity contribution < 1.29 is 23.5 Å². The molecule has 0 aliphatic carbocycles. The van der Waals surface area contributed by atoms with Crippen molar-refractivity contribution in [2.24, 2.45) is 0 Å². The first-order chi connectivity index (χ1) is 13.6. The molecule has 8 nitrogen and oxygen atoms in total. The Hall–Kier alpha value is -3.00. The normalized spacial score (nSPS) is 18.8. The molecule has 1 fully saturated rings. The summed E-state index contributed by atoms with van der Waals surface area (Å²) in [5.74, 6) is 2.69. The molecule has 148 valence electrons. The zero-order chi connectivity index (χ0) is 19.5. The van der Waals surface area contributed by atoms with Crippen LogP contribution in [0.2, 0.25) is 0 Å². The molecule has 8 heteroatoms. The molecule has 1 aromatic carbocycles. The number of carbonyl (C=O) groups excluding carboxylic acids is 2. The third-order valence-electron chi connectivity index (χ3n) is 4.90. The van der Waals surface area contributed by atoms with Crippen LogP contribution in [0.3, 0.4) is 0 Å². The van der Waals surface area contributed by atoms with E-state index in [9.17, 15) is 9.59 Å². The number of piperazine rings is 1. The molecule has 2 aromatic rings. The zero-order valence-corrected chi connectivity index (χ0v) is 15.7. The molecular weight excluding hydrogens is 362 g/mol. The van der Waals surface area contributed by atoms with E-state index in [1.807, 2.05) is 42.2 Å². The summed E-state index contributed by atoms with van der Waals surface area (Å²) >= 11 is 0. The molecule has 0 bridgehead atoms. The molecule has 0 spiro atoms. The molecule has 2 aliphatic rings. The summed E-state index contributed by atoms with van der Waals surface area (Å²) in [7, 11) is 0. The van der Waals surface area contributed by atoms with E-state index in [0.717, 1.165) is 17.1 Å². The number of nitrogens with one attached hydrogen (secondary N) is 2. The van der Waals surface area contributed by atoms with E-state index in [4.69, 9.17) is 13.9 Å². The molecule has 2 amide bonds. The highest BCUT2D eigenvalue weighted by Gasteiger charge is 2.32. The lowest BCUT2D eigenvalue weighted by atomic mass is 10.1. The maximum absolute atomic E-state index is 12.5. The second-order valence-corrected chi connectivity index (χ2v) is 6.96. The fourth-order valence-corrected chi connectivity index (χ4v) is 3.44. The molecule has 0 saturated carbocycles. The van der Waals surface area contributed by atoms with Crippen LogP contribution in [0.1, 0.15) is 23.5 Å². The van der Waals surface area contributed by atoms with Gasteiger partial charge in [0.2, 0.25) is 18.6 Å². The van der Waals surface area contributed by atoms with Crippen LogP contribution >= 0.6 is 0 Å². The van der Waals surface area contributed by atoms with Gasteiger partial charge in [-0.1, -0.05) is 6.07 Å². The molecule has 0 radical (unpaired) electrons. The van der Waals surface area contributed by atoms with Gasteiger partial charge in [-0.05, 0) is 36.8 Å². The first-order valence-corrected chi connectivity index (χ1v) is 9.31. The minimum Gasteiger partial charge on any atom is -0.465 e. The van der Waals surface area contributed by atoms with Gasteiger partial charge >= 0.3 is 0 Å². The number of furan rings is 1. The second kappa shape index (κ2) is 7.93.